The number of amides is 1. The largest absolute Gasteiger partial charge is 0.453 e. The van der Waals surface area contributed by atoms with Crippen molar-refractivity contribution in [3.8, 4) is 11.6 Å². The molecule has 0 radical (unpaired) electrons. The van der Waals surface area contributed by atoms with Crippen LogP contribution in [0.25, 0.3) is 22.6 Å². The lowest BCUT2D eigenvalue weighted by Gasteiger charge is -2.12. The molecule has 0 saturated heterocycles. The number of nitrogens with zero attached hydrogens (tertiary/aromatic N) is 3. The second-order valence-electron chi connectivity index (χ2n) is 6.95. The molecule has 4 rings (SSSR count). The van der Waals surface area contributed by atoms with Gasteiger partial charge in [-0.2, -0.15) is 0 Å². The lowest BCUT2D eigenvalue weighted by molar-refractivity contribution is -0.113. The van der Waals surface area contributed by atoms with Gasteiger partial charge in [0, 0.05) is 21.2 Å². The number of nitrogens with one attached hydrogen (secondary N) is 1. The van der Waals surface area contributed by atoms with Crippen LogP contribution < -0.4 is 5.32 Å². The van der Waals surface area contributed by atoms with Crippen LogP contribution in [0.1, 0.15) is 18.1 Å². The van der Waals surface area contributed by atoms with Crippen LogP contribution in [0.2, 0.25) is 0 Å². The highest BCUT2D eigenvalue weighted by molar-refractivity contribution is 14.1. The molecule has 0 spiro atoms. The van der Waals surface area contributed by atoms with E-state index in [1.165, 1.54) is 11.8 Å². The molecule has 154 valence electrons. The number of carbonyl (C=O) groups is 1. The number of furan rings is 1. The number of rotatable bonds is 6. The Balaban J connectivity index is 1.50. The zero-order valence-corrected chi connectivity index (χ0v) is 19.9. The molecule has 0 aliphatic heterocycles. The Morgan fingerprint density at radius 3 is 2.60 bits per heavy atom. The third-order valence-corrected chi connectivity index (χ3v) is 6.36. The predicted octanol–water partition coefficient (Wildman–Crippen LogP) is 5.66. The molecule has 0 bridgehead atoms. The van der Waals surface area contributed by atoms with Crippen molar-refractivity contribution >= 4 is 56.9 Å². The SMILES string of the molecule is CCn1c(SCC(=O)Nc2c(C)cc(I)cc2C)nnc1-c1cc2ccccc2o1. The number of hydrogen-bond donors (Lipinski definition) is 1. The van der Waals surface area contributed by atoms with Gasteiger partial charge in [-0.3, -0.25) is 9.36 Å². The van der Waals surface area contributed by atoms with E-state index in [9.17, 15) is 4.79 Å². The van der Waals surface area contributed by atoms with Gasteiger partial charge in [-0.25, -0.2) is 0 Å². The minimum Gasteiger partial charge on any atom is -0.453 e. The summed E-state index contributed by atoms with van der Waals surface area (Å²) in [4.78, 5) is 12.6. The maximum absolute atomic E-state index is 12.6. The summed E-state index contributed by atoms with van der Waals surface area (Å²) >= 11 is 3.65. The number of carbonyl (C=O) groups excluding carboxylic acids is 1. The molecule has 2 aromatic heterocycles. The van der Waals surface area contributed by atoms with Crippen LogP contribution in [0.5, 0.6) is 0 Å². The number of halogens is 1. The predicted molar refractivity (Wildman–Crippen MR) is 129 cm³/mol. The Hall–Kier alpha value is -2.33. The summed E-state index contributed by atoms with van der Waals surface area (Å²) in [7, 11) is 0. The maximum atomic E-state index is 12.6. The average molecular weight is 532 g/mol. The van der Waals surface area contributed by atoms with Gasteiger partial charge < -0.3 is 9.73 Å². The summed E-state index contributed by atoms with van der Waals surface area (Å²) < 4.78 is 9.06. The molecule has 0 aliphatic rings. The first kappa shape index (κ1) is 20.9. The molecule has 0 unspecified atom stereocenters. The minimum absolute atomic E-state index is 0.0663. The Bertz CT molecular complexity index is 1180. The number of thioether (sulfide) groups is 1. The van der Waals surface area contributed by atoms with Gasteiger partial charge in [0.15, 0.2) is 10.9 Å². The van der Waals surface area contributed by atoms with Gasteiger partial charge in [0.25, 0.3) is 0 Å². The third-order valence-electron chi connectivity index (χ3n) is 4.77. The number of aromatic nitrogens is 3. The van der Waals surface area contributed by atoms with E-state index in [-0.39, 0.29) is 11.7 Å². The normalized spacial score (nSPS) is 11.2. The molecule has 0 fully saturated rings. The molecule has 8 heteroatoms. The summed E-state index contributed by atoms with van der Waals surface area (Å²) in [6, 6.07) is 13.9. The van der Waals surface area contributed by atoms with E-state index in [4.69, 9.17) is 4.42 Å². The summed E-state index contributed by atoms with van der Waals surface area (Å²) in [6.07, 6.45) is 0. The Morgan fingerprint density at radius 2 is 1.90 bits per heavy atom. The molecule has 0 atom stereocenters. The quantitative estimate of drug-likeness (QED) is 0.256. The van der Waals surface area contributed by atoms with Crippen molar-refractivity contribution in [2.75, 3.05) is 11.1 Å². The highest BCUT2D eigenvalue weighted by Gasteiger charge is 2.18. The Labute approximate surface area is 192 Å². The van der Waals surface area contributed by atoms with E-state index in [2.05, 4.69) is 50.2 Å². The zero-order valence-electron chi connectivity index (χ0n) is 16.9. The van der Waals surface area contributed by atoms with Gasteiger partial charge in [-0.05, 0) is 78.8 Å². The fraction of sp³-hybridized carbons (Fsp3) is 0.227. The molecule has 0 saturated carbocycles. The first-order valence-corrected chi connectivity index (χ1v) is 11.6. The van der Waals surface area contributed by atoms with E-state index >= 15 is 0 Å². The first-order chi connectivity index (χ1) is 14.5. The highest BCUT2D eigenvalue weighted by Crippen LogP contribution is 2.29. The van der Waals surface area contributed by atoms with E-state index in [1.54, 1.807) is 0 Å². The van der Waals surface area contributed by atoms with Crippen LogP contribution in [-0.2, 0) is 11.3 Å². The standard InChI is InChI=1S/C22H21IN4O2S/c1-4-27-21(18-11-15-7-5-6-8-17(15)29-18)25-26-22(27)30-12-19(28)24-20-13(2)9-16(23)10-14(20)3/h5-11H,4,12H2,1-3H3,(H,24,28). The van der Waals surface area contributed by atoms with Crippen molar-refractivity contribution in [2.45, 2.75) is 32.5 Å². The molecular weight excluding hydrogens is 511 g/mol. The van der Waals surface area contributed by atoms with Crippen LogP contribution in [-0.4, -0.2) is 26.4 Å². The van der Waals surface area contributed by atoms with Crippen molar-refractivity contribution < 1.29 is 9.21 Å². The van der Waals surface area contributed by atoms with Gasteiger partial charge in [-0.1, -0.05) is 30.0 Å². The van der Waals surface area contributed by atoms with Gasteiger partial charge in [0.05, 0.1) is 5.75 Å². The number of fused-ring (bicyclic) bond motifs is 1. The Morgan fingerprint density at radius 1 is 1.17 bits per heavy atom. The lowest BCUT2D eigenvalue weighted by atomic mass is 10.1. The third kappa shape index (κ3) is 4.24. The second-order valence-corrected chi connectivity index (χ2v) is 9.14. The number of aryl methyl sites for hydroxylation is 2. The second kappa shape index (κ2) is 8.81. The fourth-order valence-electron chi connectivity index (χ4n) is 3.37. The van der Waals surface area contributed by atoms with E-state index in [0.717, 1.165) is 31.4 Å². The molecular formula is C22H21IN4O2S. The maximum Gasteiger partial charge on any atom is 0.234 e. The molecule has 6 nitrogen and oxygen atoms in total. The molecule has 30 heavy (non-hydrogen) atoms. The fourth-order valence-corrected chi connectivity index (χ4v) is 5.10. The Kier molecular flexibility index (Phi) is 6.14. The van der Waals surface area contributed by atoms with Crippen molar-refractivity contribution in [1.82, 2.24) is 14.8 Å². The van der Waals surface area contributed by atoms with Crippen molar-refractivity contribution in [3.05, 3.63) is 57.2 Å². The van der Waals surface area contributed by atoms with Gasteiger partial charge in [0.1, 0.15) is 5.58 Å². The van der Waals surface area contributed by atoms with Crippen molar-refractivity contribution in [2.24, 2.45) is 0 Å². The minimum atomic E-state index is -0.0663. The first-order valence-electron chi connectivity index (χ1n) is 9.57. The summed E-state index contributed by atoms with van der Waals surface area (Å²) in [5, 5.41) is 13.4. The molecule has 1 N–H and O–H groups in total. The van der Waals surface area contributed by atoms with Gasteiger partial charge in [0.2, 0.25) is 11.7 Å². The molecule has 1 amide bonds. The summed E-state index contributed by atoms with van der Waals surface area (Å²) in [5.74, 6) is 1.53. The summed E-state index contributed by atoms with van der Waals surface area (Å²) in [6.45, 7) is 6.72. The van der Waals surface area contributed by atoms with Crippen molar-refractivity contribution in [3.63, 3.8) is 0 Å². The zero-order chi connectivity index (χ0) is 21.3. The topological polar surface area (TPSA) is 73.0 Å². The number of anilines is 1. The van der Waals surface area contributed by atoms with Crippen LogP contribution in [0.4, 0.5) is 5.69 Å². The van der Waals surface area contributed by atoms with E-state index in [1.807, 2.05) is 55.7 Å². The monoisotopic (exact) mass is 532 g/mol. The van der Waals surface area contributed by atoms with Gasteiger partial charge in [-0.15, -0.1) is 10.2 Å². The number of para-hydroxylation sites is 1. The molecule has 4 aromatic rings. The van der Waals surface area contributed by atoms with E-state index < -0.39 is 0 Å². The van der Waals surface area contributed by atoms with E-state index in [0.29, 0.717) is 23.3 Å². The van der Waals surface area contributed by atoms with Crippen LogP contribution in [0.15, 0.2) is 52.0 Å². The molecule has 0 aliphatic carbocycles. The molecule has 2 heterocycles. The van der Waals surface area contributed by atoms with Crippen LogP contribution in [0.3, 0.4) is 0 Å². The number of hydrogen-bond acceptors (Lipinski definition) is 5. The number of benzene rings is 2. The van der Waals surface area contributed by atoms with Crippen LogP contribution in [0, 0.1) is 17.4 Å². The molecule has 2 aromatic carbocycles. The summed E-state index contributed by atoms with van der Waals surface area (Å²) in [5.41, 5.74) is 3.80. The lowest BCUT2D eigenvalue weighted by Crippen LogP contribution is -2.16. The van der Waals surface area contributed by atoms with Crippen LogP contribution >= 0.6 is 34.4 Å². The van der Waals surface area contributed by atoms with Crippen molar-refractivity contribution in [1.29, 1.82) is 0 Å². The highest BCUT2D eigenvalue weighted by atomic mass is 127. The smallest absolute Gasteiger partial charge is 0.234 e. The average Bonchev–Trinajstić information content (AvgIpc) is 3.32. The van der Waals surface area contributed by atoms with Gasteiger partial charge >= 0.3 is 0 Å².